The minimum atomic E-state index is -0.981. The highest BCUT2D eigenvalue weighted by Gasteiger charge is 2.24. The summed E-state index contributed by atoms with van der Waals surface area (Å²) in [6.45, 7) is 5.71. The topological polar surface area (TPSA) is 66.4 Å². The maximum atomic E-state index is 11.9. The molecule has 0 aliphatic rings. The molecule has 2 atom stereocenters. The SMILES string of the molecule is CC(C)C(C)C(=O)NC(CCc1ccccc1)C(=O)O. The van der Waals surface area contributed by atoms with E-state index in [4.69, 9.17) is 0 Å². The van der Waals surface area contributed by atoms with E-state index in [2.05, 4.69) is 5.32 Å². The van der Waals surface area contributed by atoms with E-state index in [1.54, 1.807) is 0 Å². The molecule has 4 nitrogen and oxygen atoms in total. The largest absolute Gasteiger partial charge is 0.480 e. The molecule has 0 saturated carbocycles. The third-order valence-electron chi connectivity index (χ3n) is 3.59. The molecule has 1 amide bonds. The highest BCUT2D eigenvalue weighted by atomic mass is 16.4. The molecule has 1 aromatic carbocycles. The smallest absolute Gasteiger partial charge is 0.326 e. The van der Waals surface area contributed by atoms with E-state index in [-0.39, 0.29) is 17.7 Å². The summed E-state index contributed by atoms with van der Waals surface area (Å²) in [6.07, 6.45) is 1.03. The number of benzene rings is 1. The number of carboxylic acids is 1. The molecule has 0 saturated heterocycles. The Labute approximate surface area is 120 Å². The van der Waals surface area contributed by atoms with Crippen LogP contribution < -0.4 is 5.32 Å². The van der Waals surface area contributed by atoms with Gasteiger partial charge in [0.25, 0.3) is 0 Å². The van der Waals surface area contributed by atoms with E-state index in [0.29, 0.717) is 12.8 Å². The van der Waals surface area contributed by atoms with Crippen molar-refractivity contribution in [3.63, 3.8) is 0 Å². The van der Waals surface area contributed by atoms with Crippen molar-refractivity contribution in [3.8, 4) is 0 Å². The zero-order valence-electron chi connectivity index (χ0n) is 12.3. The van der Waals surface area contributed by atoms with Gasteiger partial charge >= 0.3 is 5.97 Å². The van der Waals surface area contributed by atoms with Crippen LogP contribution in [0.4, 0.5) is 0 Å². The molecule has 4 heteroatoms. The Morgan fingerprint density at radius 1 is 1.15 bits per heavy atom. The van der Waals surface area contributed by atoms with Crippen LogP contribution in [0.1, 0.15) is 32.8 Å². The van der Waals surface area contributed by atoms with Crippen molar-refractivity contribution >= 4 is 11.9 Å². The lowest BCUT2D eigenvalue weighted by molar-refractivity contribution is -0.142. The van der Waals surface area contributed by atoms with Gasteiger partial charge in [-0.3, -0.25) is 4.79 Å². The number of aryl methyl sites for hydroxylation is 1. The summed E-state index contributed by atoms with van der Waals surface area (Å²) in [5.74, 6) is -1.17. The number of rotatable bonds is 7. The first-order valence-corrected chi connectivity index (χ1v) is 6.99. The van der Waals surface area contributed by atoms with Gasteiger partial charge in [-0.1, -0.05) is 51.1 Å². The molecule has 0 fully saturated rings. The van der Waals surface area contributed by atoms with Gasteiger partial charge in [-0.25, -0.2) is 4.79 Å². The molecule has 20 heavy (non-hydrogen) atoms. The van der Waals surface area contributed by atoms with Gasteiger partial charge in [0.1, 0.15) is 6.04 Å². The lowest BCUT2D eigenvalue weighted by Crippen LogP contribution is -2.44. The fraction of sp³-hybridized carbons (Fsp3) is 0.500. The molecular weight excluding hydrogens is 254 g/mol. The molecule has 1 aromatic rings. The zero-order valence-corrected chi connectivity index (χ0v) is 12.3. The van der Waals surface area contributed by atoms with E-state index >= 15 is 0 Å². The van der Waals surface area contributed by atoms with Crippen LogP contribution in [-0.2, 0) is 16.0 Å². The normalized spacial score (nSPS) is 13.8. The van der Waals surface area contributed by atoms with E-state index in [1.165, 1.54) is 0 Å². The lowest BCUT2D eigenvalue weighted by Gasteiger charge is -2.19. The molecule has 0 aromatic heterocycles. The first-order valence-electron chi connectivity index (χ1n) is 6.99. The van der Waals surface area contributed by atoms with E-state index in [0.717, 1.165) is 5.56 Å². The Balaban J connectivity index is 2.57. The van der Waals surface area contributed by atoms with Gasteiger partial charge in [0.2, 0.25) is 5.91 Å². The van der Waals surface area contributed by atoms with Crippen molar-refractivity contribution in [2.75, 3.05) is 0 Å². The second kappa shape index (κ2) is 7.68. The molecule has 0 radical (unpaired) electrons. The summed E-state index contributed by atoms with van der Waals surface area (Å²) in [6, 6.07) is 8.85. The van der Waals surface area contributed by atoms with Gasteiger partial charge in [-0.05, 0) is 24.3 Å². The molecule has 1 rings (SSSR count). The molecule has 0 aliphatic heterocycles. The summed E-state index contributed by atoms with van der Waals surface area (Å²) in [5.41, 5.74) is 1.07. The van der Waals surface area contributed by atoms with Crippen molar-refractivity contribution in [1.82, 2.24) is 5.32 Å². The Morgan fingerprint density at radius 2 is 1.75 bits per heavy atom. The van der Waals surface area contributed by atoms with Crippen molar-refractivity contribution in [1.29, 1.82) is 0 Å². The third-order valence-corrected chi connectivity index (χ3v) is 3.59. The van der Waals surface area contributed by atoms with Crippen LogP contribution in [0.5, 0.6) is 0 Å². The van der Waals surface area contributed by atoms with Crippen molar-refractivity contribution < 1.29 is 14.7 Å². The standard InChI is InChI=1S/C16H23NO3/c1-11(2)12(3)15(18)17-14(16(19)20)10-9-13-7-5-4-6-8-13/h4-8,11-12,14H,9-10H2,1-3H3,(H,17,18)(H,19,20). The summed E-state index contributed by atoms with van der Waals surface area (Å²) < 4.78 is 0. The molecule has 0 aliphatic carbocycles. The summed E-state index contributed by atoms with van der Waals surface area (Å²) in [5, 5.41) is 11.8. The molecule has 110 valence electrons. The van der Waals surface area contributed by atoms with Gasteiger partial charge in [-0.15, -0.1) is 0 Å². The monoisotopic (exact) mass is 277 g/mol. The number of nitrogens with one attached hydrogen (secondary N) is 1. The third kappa shape index (κ3) is 5.03. The van der Waals surface area contributed by atoms with Crippen molar-refractivity contribution in [3.05, 3.63) is 35.9 Å². The van der Waals surface area contributed by atoms with Gasteiger partial charge in [-0.2, -0.15) is 0 Å². The predicted molar refractivity (Wildman–Crippen MR) is 78.3 cm³/mol. The summed E-state index contributed by atoms with van der Waals surface area (Å²) in [7, 11) is 0. The van der Waals surface area contributed by atoms with Gasteiger partial charge in [0.05, 0.1) is 0 Å². The van der Waals surface area contributed by atoms with Gasteiger partial charge in [0.15, 0.2) is 0 Å². The molecule has 0 bridgehead atoms. The average Bonchev–Trinajstić information content (AvgIpc) is 2.42. The van der Waals surface area contributed by atoms with E-state index in [9.17, 15) is 14.7 Å². The Kier molecular flexibility index (Phi) is 6.22. The second-order valence-corrected chi connectivity index (χ2v) is 5.46. The Bertz CT molecular complexity index is 442. The van der Waals surface area contributed by atoms with Crippen LogP contribution in [0.25, 0.3) is 0 Å². The number of carbonyl (C=O) groups excluding carboxylic acids is 1. The number of carboxylic acid groups (broad SMARTS) is 1. The van der Waals surface area contributed by atoms with Crippen molar-refractivity contribution in [2.24, 2.45) is 11.8 Å². The minimum Gasteiger partial charge on any atom is -0.480 e. The number of hydrogen-bond donors (Lipinski definition) is 2. The number of amides is 1. The lowest BCUT2D eigenvalue weighted by atomic mass is 9.96. The van der Waals surface area contributed by atoms with Gasteiger partial charge in [0, 0.05) is 5.92 Å². The molecular formula is C16H23NO3. The van der Waals surface area contributed by atoms with Crippen LogP contribution in [0.15, 0.2) is 30.3 Å². The van der Waals surface area contributed by atoms with Crippen LogP contribution in [-0.4, -0.2) is 23.0 Å². The van der Waals surface area contributed by atoms with Crippen LogP contribution in [0.3, 0.4) is 0 Å². The summed E-state index contributed by atoms with van der Waals surface area (Å²) >= 11 is 0. The Hall–Kier alpha value is -1.84. The first kappa shape index (κ1) is 16.2. The van der Waals surface area contributed by atoms with E-state index in [1.807, 2.05) is 51.1 Å². The highest BCUT2D eigenvalue weighted by molar-refractivity contribution is 5.84. The number of hydrogen-bond acceptors (Lipinski definition) is 2. The number of carbonyl (C=O) groups is 2. The zero-order chi connectivity index (χ0) is 15.1. The highest BCUT2D eigenvalue weighted by Crippen LogP contribution is 2.11. The van der Waals surface area contributed by atoms with Crippen LogP contribution in [0, 0.1) is 11.8 Å². The average molecular weight is 277 g/mol. The predicted octanol–water partition coefficient (Wildman–Crippen LogP) is 2.48. The van der Waals surface area contributed by atoms with Crippen LogP contribution in [0.2, 0.25) is 0 Å². The summed E-state index contributed by atoms with van der Waals surface area (Å²) in [4.78, 5) is 23.2. The van der Waals surface area contributed by atoms with Gasteiger partial charge < -0.3 is 10.4 Å². The number of aliphatic carboxylic acids is 1. The minimum absolute atomic E-state index is 0.187. The fourth-order valence-corrected chi connectivity index (χ4v) is 1.82. The fourth-order valence-electron chi connectivity index (χ4n) is 1.82. The van der Waals surface area contributed by atoms with Crippen molar-refractivity contribution in [2.45, 2.75) is 39.7 Å². The van der Waals surface area contributed by atoms with Crippen LogP contribution >= 0.6 is 0 Å². The molecule has 0 spiro atoms. The molecule has 0 heterocycles. The van der Waals surface area contributed by atoms with E-state index < -0.39 is 12.0 Å². The maximum Gasteiger partial charge on any atom is 0.326 e. The second-order valence-electron chi connectivity index (χ2n) is 5.46. The Morgan fingerprint density at radius 3 is 2.25 bits per heavy atom. The molecule has 2 unspecified atom stereocenters. The quantitative estimate of drug-likeness (QED) is 0.804. The maximum absolute atomic E-state index is 11.9. The first-order chi connectivity index (χ1) is 9.41. The molecule has 2 N–H and O–H groups in total.